The number of phenols is 1. The van der Waals surface area contributed by atoms with Gasteiger partial charge in [-0.25, -0.2) is 4.79 Å². The van der Waals surface area contributed by atoms with Gasteiger partial charge in [-0.1, -0.05) is 12.1 Å². The van der Waals surface area contributed by atoms with Gasteiger partial charge in [0.2, 0.25) is 0 Å². The molecular weight excluding hydrogens is 274 g/mol. The Morgan fingerprint density at radius 2 is 2.14 bits per heavy atom. The van der Waals surface area contributed by atoms with E-state index in [1.54, 1.807) is 6.08 Å². The highest BCUT2D eigenvalue weighted by molar-refractivity contribution is 6.08. The predicted octanol–water partition coefficient (Wildman–Crippen LogP) is 1.12. The SMILES string of the molecule is COC(=O)c1cc(/C=C/C(=O)N2CC=CC2=O)ccc1O. The zero-order valence-electron chi connectivity index (χ0n) is 11.3. The van der Waals surface area contributed by atoms with Crippen LogP contribution in [0.1, 0.15) is 15.9 Å². The molecule has 0 saturated carbocycles. The summed E-state index contributed by atoms with van der Waals surface area (Å²) in [6.07, 6.45) is 5.63. The van der Waals surface area contributed by atoms with Crippen molar-refractivity contribution in [1.29, 1.82) is 0 Å². The standard InChI is InChI=1S/C15H13NO5/c1-21-15(20)11-9-10(4-6-12(11)17)5-7-14(19)16-8-2-3-13(16)18/h2-7,9,17H,8H2,1H3/b7-5+. The fourth-order valence-electron chi connectivity index (χ4n) is 1.83. The van der Waals surface area contributed by atoms with Gasteiger partial charge in [0.15, 0.2) is 0 Å². The first-order chi connectivity index (χ1) is 10.0. The lowest BCUT2D eigenvalue weighted by molar-refractivity contribution is -0.137. The summed E-state index contributed by atoms with van der Waals surface area (Å²) in [4.78, 5) is 35.7. The van der Waals surface area contributed by atoms with Crippen molar-refractivity contribution in [2.75, 3.05) is 13.7 Å². The lowest BCUT2D eigenvalue weighted by Gasteiger charge is -2.10. The third-order valence-corrected chi connectivity index (χ3v) is 2.92. The molecule has 6 heteroatoms. The fourth-order valence-corrected chi connectivity index (χ4v) is 1.83. The van der Waals surface area contributed by atoms with Crippen LogP contribution in [0.3, 0.4) is 0 Å². The molecule has 2 rings (SSSR count). The lowest BCUT2D eigenvalue weighted by atomic mass is 10.1. The summed E-state index contributed by atoms with van der Waals surface area (Å²) in [5.74, 6) is -1.68. The molecule has 0 aliphatic carbocycles. The number of benzene rings is 1. The van der Waals surface area contributed by atoms with E-state index in [2.05, 4.69) is 4.74 Å². The van der Waals surface area contributed by atoms with Crippen molar-refractivity contribution < 1.29 is 24.2 Å². The molecule has 0 saturated heterocycles. The number of carbonyl (C=O) groups is 3. The Morgan fingerprint density at radius 3 is 2.76 bits per heavy atom. The van der Waals surface area contributed by atoms with Gasteiger partial charge in [0.25, 0.3) is 11.8 Å². The van der Waals surface area contributed by atoms with Crippen molar-refractivity contribution in [3.8, 4) is 5.75 Å². The molecule has 0 atom stereocenters. The molecule has 0 aromatic heterocycles. The maximum atomic E-state index is 11.8. The highest BCUT2D eigenvalue weighted by atomic mass is 16.5. The number of nitrogens with zero attached hydrogens (tertiary/aromatic N) is 1. The molecule has 1 aromatic carbocycles. The van der Waals surface area contributed by atoms with Gasteiger partial charge in [-0.3, -0.25) is 14.5 Å². The van der Waals surface area contributed by atoms with Crippen molar-refractivity contribution in [1.82, 2.24) is 4.90 Å². The van der Waals surface area contributed by atoms with Crippen molar-refractivity contribution in [2.45, 2.75) is 0 Å². The van der Waals surface area contributed by atoms with Crippen molar-refractivity contribution in [3.63, 3.8) is 0 Å². The van der Waals surface area contributed by atoms with Gasteiger partial charge in [-0.15, -0.1) is 0 Å². The average Bonchev–Trinajstić information content (AvgIpc) is 2.91. The Labute approximate surface area is 120 Å². The lowest BCUT2D eigenvalue weighted by Crippen LogP contribution is -2.30. The van der Waals surface area contributed by atoms with Crippen LogP contribution in [0, 0.1) is 0 Å². The first-order valence-electron chi connectivity index (χ1n) is 6.14. The van der Waals surface area contributed by atoms with Gasteiger partial charge < -0.3 is 9.84 Å². The quantitative estimate of drug-likeness (QED) is 0.665. The van der Waals surface area contributed by atoms with Crippen LogP contribution in [0.15, 0.2) is 36.4 Å². The Balaban J connectivity index is 2.16. The second-order valence-electron chi connectivity index (χ2n) is 4.29. The Kier molecular flexibility index (Phi) is 4.18. The maximum Gasteiger partial charge on any atom is 0.341 e. The first kappa shape index (κ1) is 14.5. The number of amides is 2. The molecule has 1 N–H and O–H groups in total. The average molecular weight is 287 g/mol. The summed E-state index contributed by atoms with van der Waals surface area (Å²) in [6, 6.07) is 4.27. The van der Waals surface area contributed by atoms with Gasteiger partial charge in [0, 0.05) is 18.7 Å². The third-order valence-electron chi connectivity index (χ3n) is 2.92. The molecule has 0 bridgehead atoms. The summed E-state index contributed by atoms with van der Waals surface area (Å²) in [5.41, 5.74) is 0.534. The third kappa shape index (κ3) is 3.17. The number of carbonyl (C=O) groups excluding carboxylic acids is 3. The number of ether oxygens (including phenoxy) is 1. The minimum Gasteiger partial charge on any atom is -0.507 e. The normalized spacial score (nSPS) is 14.0. The predicted molar refractivity (Wildman–Crippen MR) is 74.3 cm³/mol. The van der Waals surface area contributed by atoms with E-state index in [0.29, 0.717) is 5.56 Å². The number of phenolic OH excluding ortho intramolecular Hbond substituents is 1. The van der Waals surface area contributed by atoms with Crippen LogP contribution in [0.25, 0.3) is 6.08 Å². The van der Waals surface area contributed by atoms with Gasteiger partial charge in [0.05, 0.1) is 7.11 Å². The van der Waals surface area contributed by atoms with E-state index in [9.17, 15) is 19.5 Å². The van der Waals surface area contributed by atoms with Crippen molar-refractivity contribution in [2.24, 2.45) is 0 Å². The van der Waals surface area contributed by atoms with E-state index >= 15 is 0 Å². The summed E-state index contributed by atoms with van der Waals surface area (Å²) >= 11 is 0. The number of rotatable bonds is 3. The number of hydrogen-bond acceptors (Lipinski definition) is 5. The van der Waals surface area contributed by atoms with Crippen LogP contribution in [0.4, 0.5) is 0 Å². The molecule has 1 aromatic rings. The van der Waals surface area contributed by atoms with E-state index in [0.717, 1.165) is 4.90 Å². The summed E-state index contributed by atoms with van der Waals surface area (Å²) in [5, 5.41) is 9.57. The Hall–Kier alpha value is -2.89. The molecule has 2 amide bonds. The fraction of sp³-hybridized carbons (Fsp3) is 0.133. The van der Waals surface area contributed by atoms with Crippen LogP contribution in [0.5, 0.6) is 5.75 Å². The number of hydrogen-bond donors (Lipinski definition) is 1. The molecule has 0 fully saturated rings. The van der Waals surface area contributed by atoms with E-state index in [1.165, 1.54) is 43.5 Å². The molecule has 1 heterocycles. The van der Waals surface area contributed by atoms with E-state index < -0.39 is 11.9 Å². The molecule has 1 aliphatic rings. The van der Waals surface area contributed by atoms with Crippen LogP contribution in [0.2, 0.25) is 0 Å². The number of aromatic hydroxyl groups is 1. The molecule has 6 nitrogen and oxygen atoms in total. The van der Waals surface area contributed by atoms with E-state index in [4.69, 9.17) is 0 Å². The molecule has 21 heavy (non-hydrogen) atoms. The van der Waals surface area contributed by atoms with Crippen LogP contribution < -0.4 is 0 Å². The molecule has 0 unspecified atom stereocenters. The number of methoxy groups -OCH3 is 1. The van der Waals surface area contributed by atoms with Gasteiger partial charge in [0.1, 0.15) is 11.3 Å². The van der Waals surface area contributed by atoms with E-state index in [1.807, 2.05) is 0 Å². The highest BCUT2D eigenvalue weighted by Crippen LogP contribution is 2.20. The molecule has 108 valence electrons. The Bertz CT molecular complexity index is 660. The Morgan fingerprint density at radius 1 is 1.38 bits per heavy atom. The molecular formula is C15H13NO5. The minimum absolute atomic E-state index is 0.00557. The van der Waals surface area contributed by atoms with Crippen LogP contribution in [-0.2, 0) is 14.3 Å². The summed E-state index contributed by atoms with van der Waals surface area (Å²) in [7, 11) is 1.21. The van der Waals surface area contributed by atoms with Crippen molar-refractivity contribution in [3.05, 3.63) is 47.6 Å². The topological polar surface area (TPSA) is 83.9 Å². The zero-order valence-corrected chi connectivity index (χ0v) is 11.3. The van der Waals surface area contributed by atoms with Gasteiger partial charge in [-0.05, 0) is 23.8 Å². The zero-order chi connectivity index (χ0) is 15.4. The first-order valence-corrected chi connectivity index (χ1v) is 6.14. The minimum atomic E-state index is -0.673. The number of imide groups is 1. The van der Waals surface area contributed by atoms with Crippen molar-refractivity contribution >= 4 is 23.9 Å². The highest BCUT2D eigenvalue weighted by Gasteiger charge is 2.19. The smallest absolute Gasteiger partial charge is 0.341 e. The molecule has 0 spiro atoms. The summed E-state index contributed by atoms with van der Waals surface area (Å²) in [6.45, 7) is 0.255. The van der Waals surface area contributed by atoms with Gasteiger partial charge in [-0.2, -0.15) is 0 Å². The van der Waals surface area contributed by atoms with E-state index in [-0.39, 0.29) is 23.8 Å². The monoisotopic (exact) mass is 287 g/mol. The van der Waals surface area contributed by atoms with Crippen LogP contribution >= 0.6 is 0 Å². The van der Waals surface area contributed by atoms with Gasteiger partial charge >= 0.3 is 5.97 Å². The second-order valence-corrected chi connectivity index (χ2v) is 4.29. The second kappa shape index (κ2) is 6.04. The molecule has 0 radical (unpaired) electrons. The van der Waals surface area contributed by atoms with Crippen LogP contribution in [-0.4, -0.2) is 41.4 Å². The largest absolute Gasteiger partial charge is 0.507 e. The molecule has 1 aliphatic heterocycles. The maximum absolute atomic E-state index is 11.8. The summed E-state index contributed by atoms with van der Waals surface area (Å²) < 4.78 is 4.54. The number of esters is 1.